The summed E-state index contributed by atoms with van der Waals surface area (Å²) in [6, 6.07) is 3.29. The van der Waals surface area contributed by atoms with Crippen LogP contribution in [0.25, 0.3) is 0 Å². The molecule has 8 heteroatoms. The molecule has 0 bridgehead atoms. The van der Waals surface area contributed by atoms with Crippen molar-refractivity contribution in [3.63, 3.8) is 0 Å². The van der Waals surface area contributed by atoms with Crippen molar-refractivity contribution in [1.29, 1.82) is 5.26 Å². The van der Waals surface area contributed by atoms with Crippen molar-refractivity contribution in [3.05, 3.63) is 29.6 Å². The smallest absolute Gasteiger partial charge is 0.321 e. The Bertz CT molecular complexity index is 651. The summed E-state index contributed by atoms with van der Waals surface area (Å²) in [4.78, 5) is 10.2. The highest BCUT2D eigenvalue weighted by Gasteiger charge is 2.32. The van der Waals surface area contributed by atoms with E-state index in [1.165, 1.54) is 13.0 Å². The number of halogens is 1. The molecule has 0 saturated carbocycles. The van der Waals surface area contributed by atoms with Gasteiger partial charge in [-0.2, -0.15) is 9.57 Å². The summed E-state index contributed by atoms with van der Waals surface area (Å²) in [5, 5.41) is 17.6. The van der Waals surface area contributed by atoms with Crippen LogP contribution in [0.2, 0.25) is 0 Å². The first-order valence-electron chi connectivity index (χ1n) is 5.13. The fourth-order valence-electron chi connectivity index (χ4n) is 1.35. The molecule has 0 fully saturated rings. The Morgan fingerprint density at radius 2 is 2.11 bits per heavy atom. The number of sulfonamides is 1. The third-order valence-corrected chi connectivity index (χ3v) is 4.62. The second kappa shape index (κ2) is 5.34. The summed E-state index contributed by atoms with van der Waals surface area (Å²) in [7, 11) is -3.20. The molecular formula is C11H11FN2O4S. The minimum absolute atomic E-state index is 0.550. The highest BCUT2D eigenvalue weighted by atomic mass is 32.2. The number of hydrogen-bond acceptors (Lipinski definition) is 4. The van der Waals surface area contributed by atoms with Gasteiger partial charge in [-0.05, 0) is 19.1 Å². The van der Waals surface area contributed by atoms with Gasteiger partial charge in [-0.3, -0.25) is 4.79 Å². The van der Waals surface area contributed by atoms with E-state index in [2.05, 4.69) is 0 Å². The van der Waals surface area contributed by atoms with E-state index in [0.29, 0.717) is 4.31 Å². The first kappa shape index (κ1) is 15.1. The average Bonchev–Trinajstić information content (AvgIpc) is 2.36. The molecule has 0 spiro atoms. The SMILES string of the molecule is CC(C(=O)O)N(C)S(=O)(=O)c1cccc(F)c1C#N. The lowest BCUT2D eigenvalue weighted by Gasteiger charge is -2.21. The van der Waals surface area contributed by atoms with Gasteiger partial charge in [0.25, 0.3) is 0 Å². The van der Waals surface area contributed by atoms with Gasteiger partial charge >= 0.3 is 5.97 Å². The van der Waals surface area contributed by atoms with Crippen LogP contribution in [0.1, 0.15) is 12.5 Å². The van der Waals surface area contributed by atoms with Crippen molar-refractivity contribution in [3.8, 4) is 6.07 Å². The number of hydrogen-bond donors (Lipinski definition) is 1. The number of benzene rings is 1. The van der Waals surface area contributed by atoms with Crippen molar-refractivity contribution in [2.24, 2.45) is 0 Å². The van der Waals surface area contributed by atoms with Gasteiger partial charge in [0.05, 0.1) is 0 Å². The van der Waals surface area contributed by atoms with Gasteiger partial charge in [0.2, 0.25) is 10.0 Å². The number of carbonyl (C=O) groups is 1. The maximum atomic E-state index is 13.4. The highest BCUT2D eigenvalue weighted by molar-refractivity contribution is 7.89. The van der Waals surface area contributed by atoms with Gasteiger partial charge < -0.3 is 5.11 Å². The minimum Gasteiger partial charge on any atom is -0.480 e. The molecule has 0 aliphatic rings. The van der Waals surface area contributed by atoms with Gasteiger partial charge in [-0.15, -0.1) is 0 Å². The van der Waals surface area contributed by atoms with Gasteiger partial charge in [0.15, 0.2) is 0 Å². The highest BCUT2D eigenvalue weighted by Crippen LogP contribution is 2.22. The van der Waals surface area contributed by atoms with Crippen molar-refractivity contribution in [1.82, 2.24) is 4.31 Å². The molecule has 6 nitrogen and oxygen atoms in total. The molecule has 0 amide bonds. The standard InChI is InChI=1S/C11H11FN2O4S/c1-7(11(15)16)14(2)19(17,18)10-5-3-4-9(12)8(10)6-13/h3-5,7H,1-2H3,(H,15,16). The molecule has 0 saturated heterocycles. The maximum Gasteiger partial charge on any atom is 0.321 e. The lowest BCUT2D eigenvalue weighted by atomic mass is 10.2. The second-order valence-corrected chi connectivity index (χ2v) is 5.73. The fraction of sp³-hybridized carbons (Fsp3) is 0.273. The summed E-state index contributed by atoms with van der Waals surface area (Å²) in [6.07, 6.45) is 0. The molecular weight excluding hydrogens is 275 g/mol. The van der Waals surface area contributed by atoms with Crippen LogP contribution in [-0.2, 0) is 14.8 Å². The third kappa shape index (κ3) is 2.72. The second-order valence-electron chi connectivity index (χ2n) is 3.76. The van der Waals surface area contributed by atoms with Gasteiger partial charge in [-0.25, -0.2) is 12.8 Å². The van der Waals surface area contributed by atoms with Crippen LogP contribution in [0, 0.1) is 17.1 Å². The van der Waals surface area contributed by atoms with Crippen molar-refractivity contribution < 1.29 is 22.7 Å². The quantitative estimate of drug-likeness (QED) is 0.882. The molecule has 1 aromatic rings. The van der Waals surface area contributed by atoms with Crippen molar-refractivity contribution in [2.75, 3.05) is 7.05 Å². The van der Waals surface area contributed by atoms with Crippen LogP contribution in [0.3, 0.4) is 0 Å². The zero-order chi connectivity index (χ0) is 14.8. The van der Waals surface area contributed by atoms with Gasteiger partial charge in [-0.1, -0.05) is 6.07 Å². The van der Waals surface area contributed by atoms with E-state index >= 15 is 0 Å². The molecule has 102 valence electrons. The summed E-state index contributed by atoms with van der Waals surface area (Å²) >= 11 is 0. The summed E-state index contributed by atoms with van der Waals surface area (Å²) < 4.78 is 38.3. The van der Waals surface area contributed by atoms with Crippen LogP contribution in [0.4, 0.5) is 4.39 Å². The Balaban J connectivity index is 3.41. The zero-order valence-corrected chi connectivity index (χ0v) is 11.0. The van der Waals surface area contributed by atoms with Crippen LogP contribution >= 0.6 is 0 Å². The van der Waals surface area contributed by atoms with Crippen molar-refractivity contribution in [2.45, 2.75) is 17.9 Å². The molecule has 1 rings (SSSR count). The molecule has 1 aromatic carbocycles. The van der Waals surface area contributed by atoms with Crippen molar-refractivity contribution >= 4 is 16.0 Å². The predicted octanol–water partition coefficient (Wildman–Crippen LogP) is 0.791. The molecule has 0 aliphatic heterocycles. The van der Waals surface area contributed by atoms with E-state index < -0.39 is 38.3 Å². The number of carboxylic acids is 1. The molecule has 0 heterocycles. The normalized spacial score (nSPS) is 13.0. The Morgan fingerprint density at radius 3 is 2.58 bits per heavy atom. The molecule has 0 aliphatic carbocycles. The monoisotopic (exact) mass is 286 g/mol. The molecule has 0 radical (unpaired) electrons. The topological polar surface area (TPSA) is 98.5 Å². The average molecular weight is 286 g/mol. The van der Waals surface area contributed by atoms with E-state index in [9.17, 15) is 17.6 Å². The van der Waals surface area contributed by atoms with Crippen LogP contribution in [-0.4, -0.2) is 36.9 Å². The number of aliphatic carboxylic acids is 1. The first-order valence-corrected chi connectivity index (χ1v) is 6.57. The zero-order valence-electron chi connectivity index (χ0n) is 10.2. The maximum absolute atomic E-state index is 13.4. The Kier molecular flexibility index (Phi) is 4.24. The van der Waals surface area contributed by atoms with Gasteiger partial charge in [0, 0.05) is 7.05 Å². The summed E-state index contributed by atoms with van der Waals surface area (Å²) in [6.45, 7) is 1.17. The van der Waals surface area contributed by atoms with Crippen LogP contribution in [0.15, 0.2) is 23.1 Å². The number of likely N-dealkylation sites (N-methyl/N-ethyl adjacent to an activating group) is 1. The predicted molar refractivity (Wildman–Crippen MR) is 63.2 cm³/mol. The van der Waals surface area contributed by atoms with Crippen LogP contribution < -0.4 is 0 Å². The van der Waals surface area contributed by atoms with Gasteiger partial charge in [0.1, 0.15) is 28.4 Å². The van der Waals surface area contributed by atoms with Crippen LogP contribution in [0.5, 0.6) is 0 Å². The van der Waals surface area contributed by atoms with E-state index in [0.717, 1.165) is 25.2 Å². The fourth-order valence-corrected chi connectivity index (χ4v) is 2.82. The Morgan fingerprint density at radius 1 is 1.53 bits per heavy atom. The third-order valence-electron chi connectivity index (χ3n) is 2.65. The lowest BCUT2D eigenvalue weighted by Crippen LogP contribution is -2.40. The van der Waals surface area contributed by atoms with E-state index in [-0.39, 0.29) is 0 Å². The molecule has 19 heavy (non-hydrogen) atoms. The number of nitrogens with zero attached hydrogens (tertiary/aromatic N) is 2. The Labute approximate surface area is 109 Å². The number of rotatable bonds is 4. The molecule has 1 N–H and O–H groups in total. The Hall–Kier alpha value is -1.98. The molecule has 1 unspecified atom stereocenters. The largest absolute Gasteiger partial charge is 0.480 e. The van der Waals surface area contributed by atoms with E-state index in [1.54, 1.807) is 0 Å². The summed E-state index contributed by atoms with van der Waals surface area (Å²) in [5.41, 5.74) is -0.632. The molecule has 1 atom stereocenters. The lowest BCUT2D eigenvalue weighted by molar-refractivity contribution is -0.140. The minimum atomic E-state index is -4.26. The van der Waals surface area contributed by atoms with E-state index in [4.69, 9.17) is 10.4 Å². The number of carboxylic acid groups (broad SMARTS) is 1. The van der Waals surface area contributed by atoms with E-state index in [1.807, 2.05) is 0 Å². The summed E-state index contributed by atoms with van der Waals surface area (Å²) in [5.74, 6) is -2.32. The first-order chi connectivity index (χ1) is 8.73. The number of nitriles is 1. The molecule has 0 aromatic heterocycles.